The molecule has 1 aromatic rings. The van der Waals surface area contributed by atoms with Gasteiger partial charge in [0, 0.05) is 48.3 Å². The quantitative estimate of drug-likeness (QED) is 0.294. The van der Waals surface area contributed by atoms with Crippen molar-refractivity contribution in [1.82, 2.24) is 9.80 Å². The highest BCUT2D eigenvalue weighted by Gasteiger charge is 2.04. The number of methoxy groups -OCH3 is 1. The Labute approximate surface area is 151 Å². The maximum Gasteiger partial charge on any atom is 0.195 e. The lowest BCUT2D eigenvalue weighted by atomic mass is 10.2. The van der Waals surface area contributed by atoms with Crippen molar-refractivity contribution in [3.05, 3.63) is 29.8 Å². The molecule has 0 N–H and O–H groups in total. The van der Waals surface area contributed by atoms with Crippen LogP contribution in [0.15, 0.2) is 29.3 Å². The molecular formula is C16H28IN3O2. The zero-order valence-electron chi connectivity index (χ0n) is 14.2. The molecule has 126 valence electrons. The molecule has 1 rings (SSSR count). The van der Waals surface area contributed by atoms with Crippen molar-refractivity contribution in [3.8, 4) is 5.75 Å². The van der Waals surface area contributed by atoms with Crippen LogP contribution in [-0.2, 0) is 11.3 Å². The summed E-state index contributed by atoms with van der Waals surface area (Å²) < 4.78 is 10.7. The standard InChI is InChI=1S/C16H27N3O2.HI/c1-18(2)16(19(3)4)17-13-14-8-6-9-15(12-14)21-11-7-10-20-5;/h6,8-9,12H,7,10-11,13H2,1-5H3;1H. The first-order chi connectivity index (χ1) is 10.0. The number of nitrogens with zero attached hydrogens (tertiary/aromatic N) is 3. The number of benzene rings is 1. The van der Waals surface area contributed by atoms with E-state index in [2.05, 4.69) is 11.1 Å². The topological polar surface area (TPSA) is 37.3 Å². The van der Waals surface area contributed by atoms with Gasteiger partial charge in [0.05, 0.1) is 13.2 Å². The lowest BCUT2D eigenvalue weighted by Gasteiger charge is -2.22. The van der Waals surface area contributed by atoms with E-state index in [-0.39, 0.29) is 24.0 Å². The Bertz CT molecular complexity index is 441. The van der Waals surface area contributed by atoms with Crippen molar-refractivity contribution in [2.45, 2.75) is 13.0 Å². The Morgan fingerprint density at radius 1 is 1.09 bits per heavy atom. The summed E-state index contributed by atoms with van der Waals surface area (Å²) >= 11 is 0. The van der Waals surface area contributed by atoms with Crippen LogP contribution in [0.1, 0.15) is 12.0 Å². The molecule has 0 radical (unpaired) electrons. The predicted octanol–water partition coefficient (Wildman–Crippen LogP) is 2.70. The molecule has 0 unspecified atom stereocenters. The fourth-order valence-corrected chi connectivity index (χ4v) is 1.97. The van der Waals surface area contributed by atoms with Gasteiger partial charge in [-0.1, -0.05) is 12.1 Å². The number of aliphatic imine (C=N–C) groups is 1. The molecular weight excluding hydrogens is 393 g/mol. The van der Waals surface area contributed by atoms with Gasteiger partial charge in [-0.3, -0.25) is 0 Å². The second-order valence-corrected chi connectivity index (χ2v) is 5.25. The van der Waals surface area contributed by atoms with E-state index in [9.17, 15) is 0 Å². The smallest absolute Gasteiger partial charge is 0.195 e. The molecule has 1 aromatic carbocycles. The number of hydrogen-bond donors (Lipinski definition) is 0. The van der Waals surface area contributed by atoms with Crippen LogP contribution in [0.5, 0.6) is 5.75 Å². The summed E-state index contributed by atoms with van der Waals surface area (Å²) in [7, 11) is 9.68. The van der Waals surface area contributed by atoms with Crippen LogP contribution in [0, 0.1) is 0 Å². The number of hydrogen-bond acceptors (Lipinski definition) is 3. The van der Waals surface area contributed by atoms with Gasteiger partial charge in [-0.25, -0.2) is 4.99 Å². The minimum Gasteiger partial charge on any atom is -0.493 e. The Hall–Kier alpha value is -1.02. The third kappa shape index (κ3) is 7.84. The van der Waals surface area contributed by atoms with Gasteiger partial charge < -0.3 is 19.3 Å². The zero-order valence-corrected chi connectivity index (χ0v) is 16.5. The van der Waals surface area contributed by atoms with Gasteiger partial charge >= 0.3 is 0 Å². The van der Waals surface area contributed by atoms with Gasteiger partial charge in [0.2, 0.25) is 0 Å². The molecule has 22 heavy (non-hydrogen) atoms. The second-order valence-electron chi connectivity index (χ2n) is 5.25. The third-order valence-corrected chi connectivity index (χ3v) is 2.86. The molecule has 0 aromatic heterocycles. The van der Waals surface area contributed by atoms with Crippen LogP contribution >= 0.6 is 24.0 Å². The number of ether oxygens (including phenoxy) is 2. The van der Waals surface area contributed by atoms with Crippen LogP contribution in [0.3, 0.4) is 0 Å². The molecule has 0 saturated carbocycles. The van der Waals surface area contributed by atoms with E-state index in [0.29, 0.717) is 13.2 Å². The summed E-state index contributed by atoms with van der Waals surface area (Å²) in [4.78, 5) is 8.65. The van der Waals surface area contributed by atoms with E-state index in [1.165, 1.54) is 0 Å². The van der Waals surface area contributed by atoms with E-state index in [1.807, 2.05) is 56.2 Å². The minimum absolute atomic E-state index is 0. The Balaban J connectivity index is 0.00000441. The van der Waals surface area contributed by atoms with Gasteiger partial charge in [0.1, 0.15) is 5.75 Å². The molecule has 5 nitrogen and oxygen atoms in total. The highest BCUT2D eigenvalue weighted by molar-refractivity contribution is 14.0. The monoisotopic (exact) mass is 421 g/mol. The molecule has 0 heterocycles. The molecule has 0 aliphatic carbocycles. The number of guanidine groups is 1. The van der Waals surface area contributed by atoms with E-state index in [1.54, 1.807) is 7.11 Å². The van der Waals surface area contributed by atoms with Crippen LogP contribution < -0.4 is 4.74 Å². The average Bonchev–Trinajstić information content (AvgIpc) is 2.43. The van der Waals surface area contributed by atoms with Crippen molar-refractivity contribution < 1.29 is 9.47 Å². The van der Waals surface area contributed by atoms with Crippen molar-refractivity contribution in [2.24, 2.45) is 4.99 Å². The maximum atomic E-state index is 5.70. The summed E-state index contributed by atoms with van der Waals surface area (Å²) in [5.74, 6) is 1.83. The lowest BCUT2D eigenvalue weighted by Crippen LogP contribution is -2.35. The zero-order chi connectivity index (χ0) is 15.7. The summed E-state index contributed by atoms with van der Waals surface area (Å²) in [6, 6.07) is 8.08. The first-order valence-corrected chi connectivity index (χ1v) is 7.14. The Morgan fingerprint density at radius 2 is 1.77 bits per heavy atom. The van der Waals surface area contributed by atoms with Crippen molar-refractivity contribution in [1.29, 1.82) is 0 Å². The largest absolute Gasteiger partial charge is 0.493 e. The normalized spacial score (nSPS) is 9.68. The molecule has 0 amide bonds. The van der Waals surface area contributed by atoms with Crippen LogP contribution in [-0.4, -0.2) is 64.3 Å². The molecule has 0 fully saturated rings. The maximum absolute atomic E-state index is 5.70. The molecule has 0 aliphatic rings. The Kier molecular flexibility index (Phi) is 11.0. The fourth-order valence-electron chi connectivity index (χ4n) is 1.97. The molecule has 0 aliphatic heterocycles. The van der Waals surface area contributed by atoms with Gasteiger partial charge in [0.15, 0.2) is 5.96 Å². The van der Waals surface area contributed by atoms with Gasteiger partial charge in [-0.05, 0) is 17.7 Å². The summed E-state index contributed by atoms with van der Waals surface area (Å²) in [6.07, 6.45) is 0.893. The Morgan fingerprint density at radius 3 is 2.36 bits per heavy atom. The lowest BCUT2D eigenvalue weighted by molar-refractivity contribution is 0.172. The van der Waals surface area contributed by atoms with Crippen LogP contribution in [0.25, 0.3) is 0 Å². The molecule has 0 spiro atoms. The number of rotatable bonds is 7. The highest BCUT2D eigenvalue weighted by Crippen LogP contribution is 2.14. The van der Waals surface area contributed by atoms with Crippen LogP contribution in [0.4, 0.5) is 0 Å². The number of halogens is 1. The molecule has 0 bridgehead atoms. The summed E-state index contributed by atoms with van der Waals surface area (Å²) in [5.41, 5.74) is 1.14. The first kappa shape index (κ1) is 21.0. The van der Waals surface area contributed by atoms with Crippen molar-refractivity contribution >= 4 is 29.9 Å². The van der Waals surface area contributed by atoms with Crippen LogP contribution in [0.2, 0.25) is 0 Å². The third-order valence-electron chi connectivity index (χ3n) is 2.86. The van der Waals surface area contributed by atoms with E-state index in [4.69, 9.17) is 9.47 Å². The van der Waals surface area contributed by atoms with Gasteiger partial charge in [-0.15, -0.1) is 24.0 Å². The van der Waals surface area contributed by atoms with Crippen molar-refractivity contribution in [3.63, 3.8) is 0 Å². The molecule has 6 heteroatoms. The van der Waals surface area contributed by atoms with Gasteiger partial charge in [0.25, 0.3) is 0 Å². The SMILES string of the molecule is COCCCOc1cccc(CN=C(N(C)C)N(C)C)c1.I. The van der Waals surface area contributed by atoms with E-state index >= 15 is 0 Å². The van der Waals surface area contributed by atoms with Gasteiger partial charge in [-0.2, -0.15) is 0 Å². The van der Waals surface area contributed by atoms with E-state index < -0.39 is 0 Å². The minimum atomic E-state index is 0. The second kappa shape index (κ2) is 11.5. The average molecular weight is 421 g/mol. The molecule has 0 atom stereocenters. The first-order valence-electron chi connectivity index (χ1n) is 7.14. The predicted molar refractivity (Wildman–Crippen MR) is 102 cm³/mol. The fraction of sp³-hybridized carbons (Fsp3) is 0.562. The summed E-state index contributed by atoms with van der Waals surface area (Å²) in [5, 5.41) is 0. The molecule has 0 saturated heterocycles. The van der Waals surface area contributed by atoms with Crippen molar-refractivity contribution in [2.75, 3.05) is 48.5 Å². The summed E-state index contributed by atoms with van der Waals surface area (Å²) in [6.45, 7) is 2.03. The highest BCUT2D eigenvalue weighted by atomic mass is 127. The van der Waals surface area contributed by atoms with E-state index in [0.717, 1.165) is 30.3 Å².